The Labute approximate surface area is 130 Å². The van der Waals surface area contributed by atoms with Gasteiger partial charge >= 0.3 is 0 Å². The van der Waals surface area contributed by atoms with E-state index in [-0.39, 0.29) is 5.92 Å². The summed E-state index contributed by atoms with van der Waals surface area (Å²) in [6.45, 7) is 6.03. The molecule has 0 radical (unpaired) electrons. The first-order valence-corrected chi connectivity index (χ1v) is 7.23. The Balaban J connectivity index is 2.49. The van der Waals surface area contributed by atoms with Gasteiger partial charge in [-0.3, -0.25) is 0 Å². The van der Waals surface area contributed by atoms with Gasteiger partial charge in [0.05, 0.1) is 7.11 Å². The van der Waals surface area contributed by atoms with Crippen molar-refractivity contribution in [3.8, 4) is 5.75 Å². The van der Waals surface area contributed by atoms with E-state index in [1.807, 2.05) is 43.1 Å². The predicted octanol–water partition coefficient (Wildman–Crippen LogP) is 4.34. The highest BCUT2D eigenvalue weighted by molar-refractivity contribution is 6.30. The van der Waals surface area contributed by atoms with Gasteiger partial charge in [-0.2, -0.15) is 0 Å². The summed E-state index contributed by atoms with van der Waals surface area (Å²) in [5, 5.41) is 0.499. The lowest BCUT2D eigenvalue weighted by atomic mass is 10.2. The lowest BCUT2D eigenvalue weighted by Gasteiger charge is -2.22. The molecule has 0 N–H and O–H groups in total. The zero-order chi connectivity index (χ0) is 15.6. The first-order valence-electron chi connectivity index (χ1n) is 6.85. The molecule has 0 aliphatic carbocycles. The number of benzene rings is 1. The van der Waals surface area contributed by atoms with Crippen LogP contribution in [0.3, 0.4) is 0 Å². The van der Waals surface area contributed by atoms with E-state index < -0.39 is 0 Å². The van der Waals surface area contributed by atoms with Crippen molar-refractivity contribution in [3.05, 3.63) is 40.8 Å². The third-order valence-electron chi connectivity index (χ3n) is 3.35. The minimum Gasteiger partial charge on any atom is -0.497 e. The Morgan fingerprint density at radius 3 is 2.57 bits per heavy atom. The van der Waals surface area contributed by atoms with Gasteiger partial charge in [0.2, 0.25) is 0 Å². The molecule has 0 spiro atoms. The van der Waals surface area contributed by atoms with Crippen molar-refractivity contribution >= 4 is 23.1 Å². The van der Waals surface area contributed by atoms with Gasteiger partial charge in [0.15, 0.2) is 0 Å². The molecule has 2 rings (SSSR count). The van der Waals surface area contributed by atoms with E-state index >= 15 is 0 Å². The number of ether oxygens (including phenoxy) is 1. The molecule has 1 aromatic heterocycles. The van der Waals surface area contributed by atoms with Gasteiger partial charge in [0.1, 0.15) is 22.5 Å². The van der Waals surface area contributed by atoms with Crippen LogP contribution < -0.4 is 9.64 Å². The molecule has 0 saturated carbocycles. The molecule has 0 bridgehead atoms. The zero-order valence-corrected chi connectivity index (χ0v) is 13.8. The van der Waals surface area contributed by atoms with Gasteiger partial charge in [-0.15, -0.1) is 0 Å². The molecule has 5 heteroatoms. The molecule has 21 heavy (non-hydrogen) atoms. The second-order valence-corrected chi connectivity index (χ2v) is 5.59. The number of nitrogens with zero attached hydrogens (tertiary/aromatic N) is 3. The third-order valence-corrected chi connectivity index (χ3v) is 3.72. The molecule has 0 fully saturated rings. The summed E-state index contributed by atoms with van der Waals surface area (Å²) in [4.78, 5) is 11.0. The zero-order valence-electron chi connectivity index (χ0n) is 13.0. The molecule has 0 saturated heterocycles. The average Bonchev–Trinajstić information content (AvgIpc) is 2.49. The number of rotatable bonds is 4. The van der Waals surface area contributed by atoms with E-state index in [4.69, 9.17) is 16.3 Å². The van der Waals surface area contributed by atoms with Gasteiger partial charge in [-0.1, -0.05) is 31.5 Å². The molecular formula is C16H20ClN3O. The number of hydrogen-bond donors (Lipinski definition) is 0. The van der Waals surface area contributed by atoms with Crippen LogP contribution in [0.5, 0.6) is 5.75 Å². The Bertz CT molecular complexity index is 643. The van der Waals surface area contributed by atoms with Gasteiger partial charge in [0, 0.05) is 30.3 Å². The second-order valence-electron chi connectivity index (χ2n) is 5.24. The molecule has 1 aromatic carbocycles. The Hall–Kier alpha value is -1.81. The van der Waals surface area contributed by atoms with Crippen molar-refractivity contribution in [1.29, 1.82) is 0 Å². The van der Waals surface area contributed by atoms with E-state index in [2.05, 4.69) is 23.8 Å². The van der Waals surface area contributed by atoms with Crippen LogP contribution in [-0.2, 0) is 0 Å². The SMILES string of the molecule is COc1cccc(N(C)c2nc(C(C)C)nc(Cl)c2C)c1. The van der Waals surface area contributed by atoms with Crippen molar-refractivity contribution in [1.82, 2.24) is 9.97 Å². The van der Waals surface area contributed by atoms with Crippen LogP contribution in [-0.4, -0.2) is 24.1 Å². The predicted molar refractivity (Wildman–Crippen MR) is 86.9 cm³/mol. The molecular weight excluding hydrogens is 286 g/mol. The number of aromatic nitrogens is 2. The normalized spacial score (nSPS) is 10.8. The highest BCUT2D eigenvalue weighted by atomic mass is 35.5. The van der Waals surface area contributed by atoms with Crippen molar-refractivity contribution in [2.45, 2.75) is 26.7 Å². The molecule has 0 aliphatic rings. The minimum atomic E-state index is 0.223. The summed E-state index contributed by atoms with van der Waals surface area (Å²) in [6.07, 6.45) is 0. The van der Waals surface area contributed by atoms with Crippen molar-refractivity contribution in [2.75, 3.05) is 19.1 Å². The van der Waals surface area contributed by atoms with Crippen LogP contribution >= 0.6 is 11.6 Å². The standard InChI is InChI=1S/C16H20ClN3O/c1-10(2)15-18-14(17)11(3)16(19-15)20(4)12-7-6-8-13(9-12)21-5/h6-10H,1-5H3. The molecule has 0 unspecified atom stereocenters. The van der Waals surface area contributed by atoms with Crippen LogP contribution in [0.1, 0.15) is 31.2 Å². The van der Waals surface area contributed by atoms with E-state index in [1.165, 1.54) is 0 Å². The van der Waals surface area contributed by atoms with Gasteiger partial charge < -0.3 is 9.64 Å². The van der Waals surface area contributed by atoms with Crippen LogP contribution in [0.25, 0.3) is 0 Å². The highest BCUT2D eigenvalue weighted by Crippen LogP contribution is 2.31. The van der Waals surface area contributed by atoms with Crippen LogP contribution in [0.15, 0.2) is 24.3 Å². The number of methoxy groups -OCH3 is 1. The fraction of sp³-hybridized carbons (Fsp3) is 0.375. The number of hydrogen-bond acceptors (Lipinski definition) is 4. The van der Waals surface area contributed by atoms with E-state index in [9.17, 15) is 0 Å². The maximum atomic E-state index is 6.25. The summed E-state index contributed by atoms with van der Waals surface area (Å²) < 4.78 is 5.27. The minimum absolute atomic E-state index is 0.223. The summed E-state index contributed by atoms with van der Waals surface area (Å²) >= 11 is 6.25. The molecule has 4 nitrogen and oxygen atoms in total. The van der Waals surface area contributed by atoms with Crippen LogP contribution in [0.4, 0.5) is 11.5 Å². The summed E-state index contributed by atoms with van der Waals surface area (Å²) in [5.74, 6) is 2.59. The average molecular weight is 306 g/mol. The Morgan fingerprint density at radius 2 is 1.95 bits per heavy atom. The first-order chi connectivity index (χ1) is 9.93. The van der Waals surface area contributed by atoms with E-state index in [0.29, 0.717) is 5.15 Å². The van der Waals surface area contributed by atoms with Gasteiger partial charge in [-0.05, 0) is 19.1 Å². The molecule has 0 atom stereocenters. The second kappa shape index (κ2) is 6.31. The largest absolute Gasteiger partial charge is 0.497 e. The maximum absolute atomic E-state index is 6.25. The van der Waals surface area contributed by atoms with Crippen molar-refractivity contribution in [2.24, 2.45) is 0 Å². The molecule has 1 heterocycles. The number of halogens is 1. The van der Waals surface area contributed by atoms with Gasteiger partial charge in [-0.25, -0.2) is 9.97 Å². The molecule has 0 aliphatic heterocycles. The van der Waals surface area contributed by atoms with Crippen molar-refractivity contribution in [3.63, 3.8) is 0 Å². The molecule has 112 valence electrons. The highest BCUT2D eigenvalue weighted by Gasteiger charge is 2.16. The van der Waals surface area contributed by atoms with Crippen molar-refractivity contribution < 1.29 is 4.74 Å². The topological polar surface area (TPSA) is 38.2 Å². The van der Waals surface area contributed by atoms with Gasteiger partial charge in [0.25, 0.3) is 0 Å². The lowest BCUT2D eigenvalue weighted by Crippen LogP contribution is -2.15. The fourth-order valence-electron chi connectivity index (χ4n) is 2.02. The monoisotopic (exact) mass is 305 g/mol. The molecule has 2 aromatic rings. The van der Waals surface area contributed by atoms with Crippen LogP contribution in [0.2, 0.25) is 5.15 Å². The summed E-state index contributed by atoms with van der Waals surface area (Å²) in [7, 11) is 3.62. The smallest absolute Gasteiger partial charge is 0.140 e. The van der Waals surface area contributed by atoms with E-state index in [1.54, 1.807) is 7.11 Å². The first kappa shape index (κ1) is 15.6. The maximum Gasteiger partial charge on any atom is 0.140 e. The summed E-state index contributed by atoms with van der Waals surface area (Å²) in [6, 6.07) is 7.83. The lowest BCUT2D eigenvalue weighted by molar-refractivity contribution is 0.415. The van der Waals surface area contributed by atoms with E-state index in [0.717, 1.165) is 28.6 Å². The Kier molecular flexibility index (Phi) is 4.68. The third kappa shape index (κ3) is 3.27. The summed E-state index contributed by atoms with van der Waals surface area (Å²) in [5.41, 5.74) is 1.85. The number of anilines is 2. The Morgan fingerprint density at radius 1 is 1.24 bits per heavy atom. The fourth-order valence-corrected chi connectivity index (χ4v) is 2.19. The molecule has 0 amide bonds. The quantitative estimate of drug-likeness (QED) is 0.788. The van der Waals surface area contributed by atoms with Crippen LogP contribution in [0, 0.1) is 6.92 Å².